The second kappa shape index (κ2) is 4.52. The monoisotopic (exact) mass is 315 g/mol. The standard InChI is InChI=1S/C16H14FN3O3/c17-12-7-9(21)6-11-14(12)22-13-2-1-8(18)5-10(13)16(11)3-4-20-15(19)23-16/h1-2,5-7,21H,3-4,18H2,(H2,19,20)/t16-/m0/s1. The minimum atomic E-state index is -1.09. The molecule has 7 heteroatoms. The highest BCUT2D eigenvalue weighted by atomic mass is 19.1. The number of aromatic hydroxyl groups is 1. The van der Waals surface area contributed by atoms with E-state index in [2.05, 4.69) is 4.99 Å². The second-order valence-electron chi connectivity index (χ2n) is 5.56. The van der Waals surface area contributed by atoms with Crippen molar-refractivity contribution < 1.29 is 19.0 Å². The first-order chi connectivity index (χ1) is 11.0. The van der Waals surface area contributed by atoms with E-state index in [0.29, 0.717) is 35.5 Å². The minimum absolute atomic E-state index is 0.00113. The summed E-state index contributed by atoms with van der Waals surface area (Å²) in [4.78, 5) is 4.04. The number of fused-ring (bicyclic) bond motifs is 4. The number of phenols is 1. The Kier molecular flexibility index (Phi) is 2.69. The molecule has 0 aromatic heterocycles. The minimum Gasteiger partial charge on any atom is -0.508 e. The number of nitrogens with two attached hydrogens (primary N) is 2. The maximum atomic E-state index is 14.3. The van der Waals surface area contributed by atoms with Crippen molar-refractivity contribution in [3.8, 4) is 17.2 Å². The summed E-state index contributed by atoms with van der Waals surface area (Å²) in [6.45, 7) is 0.400. The zero-order valence-electron chi connectivity index (χ0n) is 12.0. The molecule has 6 nitrogen and oxygen atoms in total. The normalized spacial score (nSPS) is 21.7. The van der Waals surface area contributed by atoms with E-state index < -0.39 is 11.4 Å². The predicted molar refractivity (Wildman–Crippen MR) is 82.0 cm³/mol. The van der Waals surface area contributed by atoms with E-state index in [1.807, 2.05) is 0 Å². The van der Waals surface area contributed by atoms with Gasteiger partial charge in [-0.25, -0.2) is 9.38 Å². The lowest BCUT2D eigenvalue weighted by Gasteiger charge is -2.41. The quantitative estimate of drug-likeness (QED) is 0.647. The number of hydrogen-bond acceptors (Lipinski definition) is 6. The molecule has 2 aromatic rings. The molecular weight excluding hydrogens is 301 g/mol. The van der Waals surface area contributed by atoms with E-state index in [9.17, 15) is 9.50 Å². The molecule has 0 aliphatic carbocycles. The Balaban J connectivity index is 2.04. The van der Waals surface area contributed by atoms with Crippen molar-refractivity contribution in [2.75, 3.05) is 12.3 Å². The topological polar surface area (TPSA) is 103 Å². The van der Waals surface area contributed by atoms with Crippen molar-refractivity contribution in [3.05, 3.63) is 47.3 Å². The summed E-state index contributed by atoms with van der Waals surface area (Å²) in [6.07, 6.45) is 0.420. The average molecular weight is 315 g/mol. The Morgan fingerprint density at radius 1 is 1.17 bits per heavy atom. The fourth-order valence-electron chi connectivity index (χ4n) is 3.15. The third kappa shape index (κ3) is 1.89. The van der Waals surface area contributed by atoms with E-state index in [-0.39, 0.29) is 17.5 Å². The van der Waals surface area contributed by atoms with Crippen LogP contribution >= 0.6 is 0 Å². The number of rotatable bonds is 0. The third-order valence-electron chi connectivity index (χ3n) is 4.12. The average Bonchev–Trinajstić information content (AvgIpc) is 2.50. The van der Waals surface area contributed by atoms with Gasteiger partial charge in [0.25, 0.3) is 6.02 Å². The number of ether oxygens (including phenoxy) is 2. The van der Waals surface area contributed by atoms with Gasteiger partial charge in [-0.3, -0.25) is 0 Å². The SMILES string of the molecule is NC1=NCC[C@]2(O1)c1cc(N)ccc1Oc1c(F)cc(O)cc12. The Morgan fingerprint density at radius 2 is 2.00 bits per heavy atom. The van der Waals surface area contributed by atoms with Gasteiger partial charge in [0.15, 0.2) is 17.2 Å². The molecule has 118 valence electrons. The van der Waals surface area contributed by atoms with Crippen LogP contribution in [0.3, 0.4) is 0 Å². The van der Waals surface area contributed by atoms with Gasteiger partial charge in [0, 0.05) is 35.8 Å². The van der Waals surface area contributed by atoms with Crippen LogP contribution in [-0.4, -0.2) is 17.7 Å². The van der Waals surface area contributed by atoms with Crippen LogP contribution in [0.4, 0.5) is 10.1 Å². The molecule has 5 N–H and O–H groups in total. The Hall–Kier alpha value is -2.96. The van der Waals surface area contributed by atoms with Gasteiger partial charge in [-0.05, 0) is 24.3 Å². The van der Waals surface area contributed by atoms with Gasteiger partial charge >= 0.3 is 0 Å². The molecule has 0 unspecified atom stereocenters. The first-order valence-electron chi connectivity index (χ1n) is 7.09. The summed E-state index contributed by atoms with van der Waals surface area (Å²) in [7, 11) is 0. The van der Waals surface area contributed by atoms with E-state index >= 15 is 0 Å². The molecule has 2 aliphatic heterocycles. The van der Waals surface area contributed by atoms with Crippen molar-refractivity contribution in [1.82, 2.24) is 0 Å². The molecule has 1 spiro atoms. The van der Waals surface area contributed by atoms with E-state index in [4.69, 9.17) is 20.9 Å². The first-order valence-corrected chi connectivity index (χ1v) is 7.09. The molecule has 4 rings (SSSR count). The number of nitrogen functional groups attached to an aromatic ring is 1. The maximum Gasteiger partial charge on any atom is 0.283 e. The van der Waals surface area contributed by atoms with Gasteiger partial charge in [0.1, 0.15) is 11.5 Å². The van der Waals surface area contributed by atoms with Crippen LogP contribution in [0.1, 0.15) is 17.5 Å². The molecule has 2 heterocycles. The summed E-state index contributed by atoms with van der Waals surface area (Å²) in [5, 5.41) is 9.81. The van der Waals surface area contributed by atoms with Crippen molar-refractivity contribution in [2.24, 2.45) is 10.7 Å². The molecule has 0 saturated carbocycles. The summed E-state index contributed by atoms with van der Waals surface area (Å²) in [6, 6.07) is 7.45. The second-order valence-corrected chi connectivity index (χ2v) is 5.56. The number of halogens is 1. The Bertz CT molecular complexity index is 853. The highest BCUT2D eigenvalue weighted by Gasteiger charge is 2.47. The number of nitrogens with zero attached hydrogens (tertiary/aromatic N) is 1. The molecule has 0 amide bonds. The van der Waals surface area contributed by atoms with Crippen LogP contribution in [0.5, 0.6) is 17.2 Å². The van der Waals surface area contributed by atoms with Crippen LogP contribution in [-0.2, 0) is 10.3 Å². The van der Waals surface area contributed by atoms with Crippen molar-refractivity contribution in [3.63, 3.8) is 0 Å². The number of amidine groups is 1. The number of benzene rings is 2. The lowest BCUT2D eigenvalue weighted by molar-refractivity contribution is 0.0624. The Morgan fingerprint density at radius 3 is 2.78 bits per heavy atom. The van der Waals surface area contributed by atoms with Crippen LogP contribution in [0, 0.1) is 5.82 Å². The van der Waals surface area contributed by atoms with Gasteiger partial charge in [-0.1, -0.05) is 0 Å². The molecule has 23 heavy (non-hydrogen) atoms. The van der Waals surface area contributed by atoms with Crippen LogP contribution in [0.15, 0.2) is 35.3 Å². The summed E-state index contributed by atoms with van der Waals surface area (Å²) >= 11 is 0. The van der Waals surface area contributed by atoms with E-state index in [1.165, 1.54) is 6.07 Å². The zero-order valence-corrected chi connectivity index (χ0v) is 12.0. The maximum absolute atomic E-state index is 14.3. The molecule has 1 atom stereocenters. The third-order valence-corrected chi connectivity index (χ3v) is 4.12. The fraction of sp³-hybridized carbons (Fsp3) is 0.188. The van der Waals surface area contributed by atoms with Gasteiger partial charge in [-0.2, -0.15) is 0 Å². The number of hydrogen-bond donors (Lipinski definition) is 3. The largest absolute Gasteiger partial charge is 0.508 e. The number of aliphatic imine (C=N–C) groups is 1. The smallest absolute Gasteiger partial charge is 0.283 e. The van der Waals surface area contributed by atoms with Crippen molar-refractivity contribution in [1.29, 1.82) is 0 Å². The summed E-state index contributed by atoms with van der Waals surface area (Å²) in [5.74, 6) is -0.450. The van der Waals surface area contributed by atoms with E-state index in [1.54, 1.807) is 18.2 Å². The van der Waals surface area contributed by atoms with Crippen LogP contribution < -0.4 is 16.2 Å². The van der Waals surface area contributed by atoms with E-state index in [0.717, 1.165) is 6.07 Å². The molecule has 2 aromatic carbocycles. The molecular formula is C16H14FN3O3. The lowest BCUT2D eigenvalue weighted by atomic mass is 9.79. The zero-order chi connectivity index (χ0) is 16.2. The fourth-order valence-corrected chi connectivity index (χ4v) is 3.15. The van der Waals surface area contributed by atoms with Crippen molar-refractivity contribution in [2.45, 2.75) is 12.0 Å². The van der Waals surface area contributed by atoms with Crippen LogP contribution in [0.25, 0.3) is 0 Å². The molecule has 2 aliphatic rings. The number of anilines is 1. The number of phenolic OH excluding ortho intramolecular Hbond substituents is 1. The summed E-state index contributed by atoms with van der Waals surface area (Å²) in [5.41, 5.74) is 12.1. The van der Waals surface area contributed by atoms with Gasteiger partial charge in [-0.15, -0.1) is 0 Å². The predicted octanol–water partition coefficient (Wildman–Crippen LogP) is 2.20. The van der Waals surface area contributed by atoms with Crippen LogP contribution in [0.2, 0.25) is 0 Å². The highest BCUT2D eigenvalue weighted by molar-refractivity contribution is 5.75. The van der Waals surface area contributed by atoms with Gasteiger partial charge < -0.3 is 26.0 Å². The highest BCUT2D eigenvalue weighted by Crippen LogP contribution is 2.53. The molecule has 0 saturated heterocycles. The first kappa shape index (κ1) is 13.7. The van der Waals surface area contributed by atoms with Crippen molar-refractivity contribution >= 4 is 11.7 Å². The molecule has 0 fully saturated rings. The molecule has 0 bridgehead atoms. The lowest BCUT2D eigenvalue weighted by Crippen LogP contribution is -2.42. The molecule has 0 radical (unpaired) electrons. The van der Waals surface area contributed by atoms with Gasteiger partial charge in [0.05, 0.1) is 0 Å². The Labute approximate surface area is 131 Å². The van der Waals surface area contributed by atoms with Gasteiger partial charge in [0.2, 0.25) is 0 Å². The summed E-state index contributed by atoms with van der Waals surface area (Å²) < 4.78 is 25.8.